The maximum atomic E-state index is 6.41. The standard InChI is InChI=1S/C20H24Cl2N2O2/c1-24(19-6-2-3-7-20(19)26-16-8-9-16)25-13-15-12-17(21)14(5-4-10-23)11-18(15)22/h2-3,6-7,11-12,16H,4-5,8-10,13,23H2,1H3. The maximum Gasteiger partial charge on any atom is 0.145 e. The Labute approximate surface area is 164 Å². The molecule has 0 aromatic heterocycles. The van der Waals surface area contributed by atoms with E-state index in [0.717, 1.165) is 48.2 Å². The third-order valence-electron chi connectivity index (χ3n) is 4.30. The number of hydrogen-bond donors (Lipinski definition) is 1. The summed E-state index contributed by atoms with van der Waals surface area (Å²) >= 11 is 12.8. The minimum absolute atomic E-state index is 0.323. The highest BCUT2D eigenvalue weighted by Crippen LogP contribution is 2.34. The van der Waals surface area contributed by atoms with Gasteiger partial charge in [-0.05, 0) is 62.1 Å². The molecule has 0 aliphatic heterocycles. The number of benzene rings is 2. The van der Waals surface area contributed by atoms with Gasteiger partial charge in [0.25, 0.3) is 0 Å². The lowest BCUT2D eigenvalue weighted by atomic mass is 10.1. The number of hydroxylamine groups is 1. The summed E-state index contributed by atoms with van der Waals surface area (Å²) < 4.78 is 5.95. The van der Waals surface area contributed by atoms with Crippen molar-refractivity contribution in [1.29, 1.82) is 0 Å². The van der Waals surface area contributed by atoms with Gasteiger partial charge < -0.3 is 10.5 Å². The highest BCUT2D eigenvalue weighted by molar-refractivity contribution is 6.34. The van der Waals surface area contributed by atoms with E-state index in [0.29, 0.717) is 29.3 Å². The Bertz CT molecular complexity index is 751. The largest absolute Gasteiger partial charge is 0.488 e. The fourth-order valence-electron chi connectivity index (χ4n) is 2.64. The molecule has 1 fully saturated rings. The van der Waals surface area contributed by atoms with E-state index >= 15 is 0 Å². The van der Waals surface area contributed by atoms with Crippen LogP contribution in [0.1, 0.15) is 30.4 Å². The summed E-state index contributed by atoms with van der Waals surface area (Å²) in [4.78, 5) is 5.90. The van der Waals surface area contributed by atoms with Crippen molar-refractivity contribution in [3.63, 3.8) is 0 Å². The highest BCUT2D eigenvalue weighted by atomic mass is 35.5. The molecule has 0 radical (unpaired) electrons. The zero-order chi connectivity index (χ0) is 18.5. The second-order valence-electron chi connectivity index (χ2n) is 6.48. The van der Waals surface area contributed by atoms with Gasteiger partial charge in [0.05, 0.1) is 6.10 Å². The zero-order valence-corrected chi connectivity index (χ0v) is 16.4. The molecular formula is C20H24Cl2N2O2. The first-order chi connectivity index (χ1) is 12.6. The lowest BCUT2D eigenvalue weighted by Gasteiger charge is -2.22. The summed E-state index contributed by atoms with van der Waals surface area (Å²) in [5.74, 6) is 0.832. The average molecular weight is 395 g/mol. The Morgan fingerprint density at radius 3 is 2.54 bits per heavy atom. The van der Waals surface area contributed by atoms with Crippen LogP contribution in [0, 0.1) is 0 Å². The van der Waals surface area contributed by atoms with E-state index in [2.05, 4.69) is 0 Å². The molecule has 1 saturated carbocycles. The second kappa shape index (κ2) is 8.96. The molecule has 0 saturated heterocycles. The predicted molar refractivity (Wildman–Crippen MR) is 107 cm³/mol. The van der Waals surface area contributed by atoms with E-state index in [4.69, 9.17) is 38.5 Å². The van der Waals surface area contributed by atoms with E-state index in [9.17, 15) is 0 Å². The van der Waals surface area contributed by atoms with E-state index in [-0.39, 0.29) is 0 Å². The molecule has 1 aliphatic rings. The molecule has 1 aliphatic carbocycles. The summed E-state index contributed by atoms with van der Waals surface area (Å²) in [6, 6.07) is 11.6. The van der Waals surface area contributed by atoms with Crippen LogP contribution in [0.2, 0.25) is 10.0 Å². The maximum absolute atomic E-state index is 6.41. The Morgan fingerprint density at radius 2 is 1.81 bits per heavy atom. The Morgan fingerprint density at radius 1 is 1.12 bits per heavy atom. The number of hydrogen-bond acceptors (Lipinski definition) is 4. The molecule has 2 aromatic carbocycles. The molecule has 0 bridgehead atoms. The van der Waals surface area contributed by atoms with Crippen molar-refractivity contribution in [1.82, 2.24) is 0 Å². The third kappa shape index (κ3) is 5.04. The number of nitrogens with two attached hydrogens (primary N) is 1. The van der Waals surface area contributed by atoms with Gasteiger partial charge in [0.2, 0.25) is 0 Å². The zero-order valence-electron chi connectivity index (χ0n) is 14.9. The Kier molecular flexibility index (Phi) is 6.65. The number of para-hydroxylation sites is 2. The van der Waals surface area contributed by atoms with Gasteiger partial charge in [-0.15, -0.1) is 0 Å². The molecule has 4 nitrogen and oxygen atoms in total. The Hall–Kier alpha value is -1.46. The molecule has 26 heavy (non-hydrogen) atoms. The van der Waals surface area contributed by atoms with Crippen molar-refractivity contribution in [3.8, 4) is 5.75 Å². The first kappa shape index (κ1) is 19.3. The van der Waals surface area contributed by atoms with Crippen LogP contribution in [0.5, 0.6) is 5.75 Å². The van der Waals surface area contributed by atoms with Crippen LogP contribution in [-0.4, -0.2) is 19.7 Å². The van der Waals surface area contributed by atoms with Gasteiger partial charge in [-0.3, -0.25) is 9.90 Å². The summed E-state index contributed by atoms with van der Waals surface area (Å²) in [7, 11) is 1.86. The fraction of sp³-hybridized carbons (Fsp3) is 0.400. The average Bonchev–Trinajstić information content (AvgIpc) is 3.45. The molecule has 0 heterocycles. The van der Waals surface area contributed by atoms with E-state index < -0.39 is 0 Å². The van der Waals surface area contributed by atoms with Gasteiger partial charge in [0.1, 0.15) is 18.0 Å². The molecule has 2 N–H and O–H groups in total. The molecule has 0 spiro atoms. The second-order valence-corrected chi connectivity index (χ2v) is 7.30. The van der Waals surface area contributed by atoms with Crippen molar-refractivity contribution in [2.24, 2.45) is 5.73 Å². The minimum Gasteiger partial charge on any atom is -0.488 e. The van der Waals surface area contributed by atoms with Crippen molar-refractivity contribution in [2.75, 3.05) is 18.7 Å². The predicted octanol–water partition coefficient (Wildman–Crippen LogP) is 4.99. The molecule has 6 heteroatoms. The molecule has 0 amide bonds. The van der Waals surface area contributed by atoms with Crippen LogP contribution >= 0.6 is 23.2 Å². The SMILES string of the molecule is CN(OCc1cc(Cl)c(CCCN)cc1Cl)c1ccccc1OC1CC1. The lowest BCUT2D eigenvalue weighted by molar-refractivity contribution is 0.106. The van der Waals surface area contributed by atoms with Crippen LogP contribution in [0.3, 0.4) is 0 Å². The fourth-order valence-corrected chi connectivity index (χ4v) is 3.16. The monoisotopic (exact) mass is 394 g/mol. The normalized spacial score (nSPS) is 13.7. The number of halogens is 2. The van der Waals surface area contributed by atoms with Crippen LogP contribution in [-0.2, 0) is 17.9 Å². The van der Waals surface area contributed by atoms with Gasteiger partial charge in [0, 0.05) is 22.7 Å². The lowest BCUT2D eigenvalue weighted by Crippen LogP contribution is -2.19. The van der Waals surface area contributed by atoms with Gasteiger partial charge in [-0.1, -0.05) is 35.3 Å². The molecule has 2 aromatic rings. The van der Waals surface area contributed by atoms with Crippen molar-refractivity contribution < 1.29 is 9.57 Å². The van der Waals surface area contributed by atoms with Crippen molar-refractivity contribution >= 4 is 28.9 Å². The number of ether oxygens (including phenoxy) is 1. The van der Waals surface area contributed by atoms with Crippen molar-refractivity contribution in [2.45, 2.75) is 38.4 Å². The number of anilines is 1. The highest BCUT2D eigenvalue weighted by Gasteiger charge is 2.25. The van der Waals surface area contributed by atoms with Gasteiger partial charge in [-0.25, -0.2) is 0 Å². The van der Waals surface area contributed by atoms with Crippen LogP contribution in [0.25, 0.3) is 0 Å². The summed E-state index contributed by atoms with van der Waals surface area (Å²) in [5.41, 5.74) is 8.32. The molecule has 0 unspecified atom stereocenters. The quantitative estimate of drug-likeness (QED) is 0.608. The van der Waals surface area contributed by atoms with Crippen molar-refractivity contribution in [3.05, 3.63) is 57.6 Å². The topological polar surface area (TPSA) is 47.7 Å². The van der Waals surface area contributed by atoms with Gasteiger partial charge in [0.15, 0.2) is 0 Å². The number of aryl methyl sites for hydroxylation is 1. The summed E-state index contributed by atoms with van der Waals surface area (Å²) in [6.45, 7) is 0.954. The molecule has 140 valence electrons. The molecular weight excluding hydrogens is 371 g/mol. The van der Waals surface area contributed by atoms with E-state index in [1.807, 2.05) is 43.4 Å². The first-order valence-corrected chi connectivity index (χ1v) is 9.63. The number of nitrogens with zero attached hydrogens (tertiary/aromatic N) is 1. The minimum atomic E-state index is 0.323. The summed E-state index contributed by atoms with van der Waals surface area (Å²) in [5, 5.41) is 3.06. The summed E-state index contributed by atoms with van der Waals surface area (Å²) in [6.07, 6.45) is 4.26. The van der Waals surface area contributed by atoms with E-state index in [1.54, 1.807) is 5.06 Å². The smallest absolute Gasteiger partial charge is 0.145 e. The van der Waals surface area contributed by atoms with Crippen LogP contribution < -0.4 is 15.5 Å². The number of rotatable bonds is 9. The third-order valence-corrected chi connectivity index (χ3v) is 5.01. The van der Waals surface area contributed by atoms with Crippen LogP contribution in [0.4, 0.5) is 5.69 Å². The first-order valence-electron chi connectivity index (χ1n) is 8.87. The Balaban J connectivity index is 1.66. The molecule has 3 rings (SSSR count). The van der Waals surface area contributed by atoms with Crippen LogP contribution in [0.15, 0.2) is 36.4 Å². The van der Waals surface area contributed by atoms with E-state index in [1.165, 1.54) is 0 Å². The van der Waals surface area contributed by atoms with Gasteiger partial charge >= 0.3 is 0 Å². The van der Waals surface area contributed by atoms with Gasteiger partial charge in [-0.2, -0.15) is 0 Å². The molecule has 0 atom stereocenters.